The Bertz CT molecular complexity index is 137. The molecule has 1 saturated heterocycles. The lowest BCUT2D eigenvalue weighted by Crippen LogP contribution is -2.38. The van der Waals surface area contributed by atoms with E-state index in [1.54, 1.807) is 0 Å². The van der Waals surface area contributed by atoms with Gasteiger partial charge in [-0.05, 0) is 46.2 Å². The van der Waals surface area contributed by atoms with Crippen LogP contribution >= 0.6 is 0 Å². The Kier molecular flexibility index (Phi) is 5.49. The second-order valence-electron chi connectivity index (χ2n) is 4.87. The minimum absolute atomic E-state index is 0.343. The van der Waals surface area contributed by atoms with Crippen molar-refractivity contribution >= 4 is 0 Å². The van der Waals surface area contributed by atoms with Crippen molar-refractivity contribution in [1.82, 2.24) is 4.90 Å². The summed E-state index contributed by atoms with van der Waals surface area (Å²) in [7, 11) is 0. The van der Waals surface area contributed by atoms with Crippen LogP contribution in [0.3, 0.4) is 0 Å². The second-order valence-corrected chi connectivity index (χ2v) is 4.87. The zero-order valence-corrected chi connectivity index (χ0v) is 9.84. The largest absolute Gasteiger partial charge is 0.328 e. The SMILES string of the molecule is CC(N)CC(C)N1CCCCCCC1. The highest BCUT2D eigenvalue weighted by Gasteiger charge is 2.15. The van der Waals surface area contributed by atoms with Crippen LogP contribution in [0.4, 0.5) is 0 Å². The lowest BCUT2D eigenvalue weighted by molar-refractivity contribution is 0.177. The predicted octanol–water partition coefficient (Wildman–Crippen LogP) is 2.38. The maximum atomic E-state index is 5.84. The summed E-state index contributed by atoms with van der Waals surface area (Å²) in [6.07, 6.45) is 8.17. The van der Waals surface area contributed by atoms with Gasteiger partial charge in [-0.1, -0.05) is 19.3 Å². The van der Waals surface area contributed by atoms with Crippen LogP contribution in [0.5, 0.6) is 0 Å². The van der Waals surface area contributed by atoms with Crippen molar-refractivity contribution in [2.75, 3.05) is 13.1 Å². The van der Waals surface area contributed by atoms with Gasteiger partial charge in [-0.3, -0.25) is 0 Å². The zero-order chi connectivity index (χ0) is 10.4. The Morgan fingerprint density at radius 1 is 1.00 bits per heavy atom. The van der Waals surface area contributed by atoms with Gasteiger partial charge in [-0.25, -0.2) is 0 Å². The van der Waals surface area contributed by atoms with Crippen LogP contribution in [0.15, 0.2) is 0 Å². The third-order valence-electron chi connectivity index (χ3n) is 3.23. The Labute approximate surface area is 88.8 Å². The van der Waals surface area contributed by atoms with E-state index >= 15 is 0 Å². The topological polar surface area (TPSA) is 29.3 Å². The van der Waals surface area contributed by atoms with Crippen LogP contribution in [0.2, 0.25) is 0 Å². The molecule has 2 nitrogen and oxygen atoms in total. The third kappa shape index (κ3) is 4.43. The molecular formula is C12H26N2. The molecule has 0 bridgehead atoms. The van der Waals surface area contributed by atoms with Gasteiger partial charge in [0, 0.05) is 12.1 Å². The van der Waals surface area contributed by atoms with Crippen molar-refractivity contribution in [3.05, 3.63) is 0 Å². The predicted molar refractivity (Wildman–Crippen MR) is 62.4 cm³/mol. The molecule has 2 N–H and O–H groups in total. The molecule has 1 rings (SSSR count). The van der Waals surface area contributed by atoms with Crippen LogP contribution in [-0.4, -0.2) is 30.1 Å². The van der Waals surface area contributed by atoms with Gasteiger partial charge >= 0.3 is 0 Å². The van der Waals surface area contributed by atoms with Gasteiger partial charge in [0.1, 0.15) is 0 Å². The molecule has 84 valence electrons. The second kappa shape index (κ2) is 6.41. The molecule has 1 fully saturated rings. The average molecular weight is 198 g/mol. The summed E-state index contributed by atoms with van der Waals surface area (Å²) in [6, 6.07) is 1.02. The summed E-state index contributed by atoms with van der Waals surface area (Å²) in [5.41, 5.74) is 5.84. The molecule has 1 heterocycles. The van der Waals surface area contributed by atoms with Crippen molar-refractivity contribution in [2.45, 2.75) is 64.5 Å². The van der Waals surface area contributed by atoms with Crippen LogP contribution in [0, 0.1) is 0 Å². The molecule has 0 radical (unpaired) electrons. The van der Waals surface area contributed by atoms with Crippen LogP contribution in [0.25, 0.3) is 0 Å². The smallest absolute Gasteiger partial charge is 0.00815 e. The summed E-state index contributed by atoms with van der Waals surface area (Å²) in [4.78, 5) is 2.63. The number of nitrogens with two attached hydrogens (primary N) is 1. The molecule has 0 aromatic carbocycles. The zero-order valence-electron chi connectivity index (χ0n) is 9.84. The first-order chi connectivity index (χ1) is 6.70. The summed E-state index contributed by atoms with van der Waals surface area (Å²) in [6.45, 7) is 7.01. The summed E-state index contributed by atoms with van der Waals surface area (Å²) in [5.74, 6) is 0. The van der Waals surface area contributed by atoms with Gasteiger partial charge in [0.15, 0.2) is 0 Å². The summed E-state index contributed by atoms with van der Waals surface area (Å²) in [5, 5.41) is 0. The molecule has 0 aliphatic carbocycles. The van der Waals surface area contributed by atoms with E-state index in [0.29, 0.717) is 12.1 Å². The number of hydrogen-bond acceptors (Lipinski definition) is 2. The van der Waals surface area contributed by atoms with Crippen LogP contribution in [-0.2, 0) is 0 Å². The standard InChI is InChI=1S/C12H26N2/c1-11(13)10-12(2)14-8-6-4-3-5-7-9-14/h11-12H,3-10,13H2,1-2H3. The number of rotatable bonds is 3. The van der Waals surface area contributed by atoms with E-state index in [2.05, 4.69) is 18.7 Å². The molecule has 0 aromatic heterocycles. The molecule has 1 aliphatic rings. The Morgan fingerprint density at radius 3 is 2.00 bits per heavy atom. The lowest BCUT2D eigenvalue weighted by atomic mass is 10.0. The van der Waals surface area contributed by atoms with E-state index in [4.69, 9.17) is 5.73 Å². The molecular weight excluding hydrogens is 172 g/mol. The average Bonchev–Trinajstić information content (AvgIpc) is 2.00. The molecule has 1 aliphatic heterocycles. The van der Waals surface area contributed by atoms with Crippen LogP contribution < -0.4 is 5.73 Å². The number of nitrogens with zero attached hydrogens (tertiary/aromatic N) is 1. The lowest BCUT2D eigenvalue weighted by Gasteiger charge is -2.31. The molecule has 14 heavy (non-hydrogen) atoms. The first-order valence-corrected chi connectivity index (χ1v) is 6.20. The molecule has 0 saturated carbocycles. The Balaban J connectivity index is 2.31. The molecule has 2 atom stereocenters. The van der Waals surface area contributed by atoms with Crippen molar-refractivity contribution in [3.63, 3.8) is 0 Å². The Hall–Kier alpha value is -0.0800. The minimum Gasteiger partial charge on any atom is -0.328 e. The van der Waals surface area contributed by atoms with Gasteiger partial charge in [0.25, 0.3) is 0 Å². The summed E-state index contributed by atoms with van der Waals surface area (Å²) >= 11 is 0. The highest BCUT2D eigenvalue weighted by atomic mass is 15.1. The minimum atomic E-state index is 0.343. The van der Waals surface area contributed by atoms with E-state index in [1.807, 2.05) is 0 Å². The fourth-order valence-electron chi connectivity index (χ4n) is 2.40. The highest BCUT2D eigenvalue weighted by molar-refractivity contribution is 4.72. The molecule has 0 amide bonds. The van der Waals surface area contributed by atoms with E-state index in [-0.39, 0.29) is 0 Å². The summed E-state index contributed by atoms with van der Waals surface area (Å²) < 4.78 is 0. The normalized spacial score (nSPS) is 25.1. The van der Waals surface area contributed by atoms with E-state index in [1.165, 1.54) is 45.2 Å². The first kappa shape index (κ1) is 12.0. The highest BCUT2D eigenvalue weighted by Crippen LogP contribution is 2.14. The van der Waals surface area contributed by atoms with Gasteiger partial charge < -0.3 is 10.6 Å². The maximum absolute atomic E-state index is 5.84. The maximum Gasteiger partial charge on any atom is 0.00815 e. The first-order valence-electron chi connectivity index (χ1n) is 6.20. The fraction of sp³-hybridized carbons (Fsp3) is 1.00. The van der Waals surface area contributed by atoms with Crippen LogP contribution in [0.1, 0.15) is 52.4 Å². The van der Waals surface area contributed by atoms with Crippen molar-refractivity contribution in [3.8, 4) is 0 Å². The monoisotopic (exact) mass is 198 g/mol. The fourth-order valence-corrected chi connectivity index (χ4v) is 2.40. The van der Waals surface area contributed by atoms with E-state index < -0.39 is 0 Å². The number of likely N-dealkylation sites (tertiary alicyclic amines) is 1. The molecule has 2 heteroatoms. The quantitative estimate of drug-likeness (QED) is 0.754. The third-order valence-corrected chi connectivity index (χ3v) is 3.23. The van der Waals surface area contributed by atoms with Gasteiger partial charge in [0.2, 0.25) is 0 Å². The van der Waals surface area contributed by atoms with Crippen molar-refractivity contribution in [2.24, 2.45) is 5.73 Å². The van der Waals surface area contributed by atoms with Gasteiger partial charge in [-0.2, -0.15) is 0 Å². The van der Waals surface area contributed by atoms with Gasteiger partial charge in [-0.15, -0.1) is 0 Å². The molecule has 2 unspecified atom stereocenters. The van der Waals surface area contributed by atoms with Crippen molar-refractivity contribution < 1.29 is 0 Å². The van der Waals surface area contributed by atoms with Gasteiger partial charge in [0.05, 0.1) is 0 Å². The number of hydrogen-bond donors (Lipinski definition) is 1. The van der Waals surface area contributed by atoms with Crippen molar-refractivity contribution in [1.29, 1.82) is 0 Å². The molecule has 0 spiro atoms. The molecule has 0 aromatic rings. The van der Waals surface area contributed by atoms with E-state index in [0.717, 1.165) is 6.42 Å². The van der Waals surface area contributed by atoms with E-state index in [9.17, 15) is 0 Å². The Morgan fingerprint density at radius 2 is 1.50 bits per heavy atom.